The molecule has 9 heteroatoms. The summed E-state index contributed by atoms with van der Waals surface area (Å²) in [5.74, 6) is -0.151. The predicted molar refractivity (Wildman–Crippen MR) is 111 cm³/mol. The molecule has 3 rings (SSSR count). The Balaban J connectivity index is 1.52. The lowest BCUT2D eigenvalue weighted by Crippen LogP contribution is -2.37. The molecule has 0 aliphatic carbocycles. The first kappa shape index (κ1) is 21.1. The minimum Gasteiger partial charge on any atom is -0.326 e. The second kappa shape index (κ2) is 8.80. The third kappa shape index (κ3) is 5.46. The Hall–Kier alpha value is -1.64. The van der Waals surface area contributed by atoms with Crippen molar-refractivity contribution in [2.24, 2.45) is 11.1 Å². The van der Waals surface area contributed by atoms with Gasteiger partial charge in [-0.2, -0.15) is 0 Å². The van der Waals surface area contributed by atoms with Crippen LogP contribution in [-0.2, 0) is 21.4 Å². The minimum absolute atomic E-state index is 0.0136. The van der Waals surface area contributed by atoms with Crippen molar-refractivity contribution in [1.82, 2.24) is 4.90 Å². The molecule has 0 unspecified atom stereocenters. The van der Waals surface area contributed by atoms with Crippen LogP contribution in [0.5, 0.6) is 0 Å². The van der Waals surface area contributed by atoms with Crippen molar-refractivity contribution < 1.29 is 13.2 Å². The first-order valence-electron chi connectivity index (χ1n) is 8.82. The number of hydrogen-bond donors (Lipinski definition) is 2. The van der Waals surface area contributed by atoms with Gasteiger partial charge in [0.25, 0.3) is 0 Å². The van der Waals surface area contributed by atoms with E-state index in [0.717, 1.165) is 38.0 Å². The number of likely N-dealkylation sites (tertiary alicyclic amines) is 1. The van der Waals surface area contributed by atoms with Crippen LogP contribution in [0.25, 0.3) is 0 Å². The molecule has 150 valence electrons. The average molecular weight is 442 g/mol. The SMILES string of the molecule is NS(=O)(=O)c1ccc(NC(=O)C2CCN(Cc3ccc(Cl)cc3Cl)CC2)cc1. The molecule has 0 radical (unpaired) electrons. The number of nitrogens with one attached hydrogen (secondary N) is 1. The molecule has 1 aliphatic heterocycles. The number of hydrogen-bond acceptors (Lipinski definition) is 4. The molecule has 1 saturated heterocycles. The highest BCUT2D eigenvalue weighted by Crippen LogP contribution is 2.25. The molecular formula is C19H21Cl2N3O3S. The molecule has 3 N–H and O–H groups in total. The van der Waals surface area contributed by atoms with Crippen molar-refractivity contribution in [2.45, 2.75) is 24.3 Å². The van der Waals surface area contributed by atoms with Gasteiger partial charge < -0.3 is 5.32 Å². The zero-order chi connectivity index (χ0) is 20.3. The lowest BCUT2D eigenvalue weighted by Gasteiger charge is -2.31. The van der Waals surface area contributed by atoms with Gasteiger partial charge in [-0.3, -0.25) is 9.69 Å². The lowest BCUT2D eigenvalue weighted by atomic mass is 9.95. The summed E-state index contributed by atoms with van der Waals surface area (Å²) in [5.41, 5.74) is 1.57. The zero-order valence-corrected chi connectivity index (χ0v) is 17.4. The molecule has 0 bridgehead atoms. The zero-order valence-electron chi connectivity index (χ0n) is 15.1. The molecule has 28 heavy (non-hydrogen) atoms. The molecule has 1 heterocycles. The number of halogens is 2. The summed E-state index contributed by atoms with van der Waals surface area (Å²) in [6.45, 7) is 2.31. The van der Waals surface area contributed by atoms with E-state index in [1.165, 1.54) is 24.3 Å². The highest BCUT2D eigenvalue weighted by atomic mass is 35.5. The van der Waals surface area contributed by atoms with Gasteiger partial charge in [0, 0.05) is 28.2 Å². The highest BCUT2D eigenvalue weighted by Gasteiger charge is 2.25. The molecule has 1 fully saturated rings. The van der Waals surface area contributed by atoms with Gasteiger partial charge in [0.1, 0.15) is 0 Å². The first-order chi connectivity index (χ1) is 13.2. The standard InChI is InChI=1S/C19H21Cl2N3O3S/c20-15-2-1-14(18(21)11-15)12-24-9-7-13(8-10-24)19(25)23-16-3-5-17(6-4-16)28(22,26)27/h1-6,11,13H,7-10,12H2,(H,23,25)(H2,22,26,27). The van der Waals surface area contributed by atoms with E-state index in [9.17, 15) is 13.2 Å². The number of carbonyl (C=O) groups is 1. The van der Waals surface area contributed by atoms with Crippen LogP contribution in [0.2, 0.25) is 10.0 Å². The molecule has 0 aromatic heterocycles. The fourth-order valence-corrected chi connectivity index (χ4v) is 4.20. The number of anilines is 1. The van der Waals surface area contributed by atoms with Gasteiger partial charge in [-0.1, -0.05) is 29.3 Å². The summed E-state index contributed by atoms with van der Waals surface area (Å²) in [4.78, 5) is 14.8. The van der Waals surface area contributed by atoms with Crippen molar-refractivity contribution in [3.8, 4) is 0 Å². The van der Waals surface area contributed by atoms with Crippen LogP contribution in [0.15, 0.2) is 47.4 Å². The molecule has 2 aromatic carbocycles. The number of piperidine rings is 1. The first-order valence-corrected chi connectivity index (χ1v) is 11.1. The average Bonchev–Trinajstić information content (AvgIpc) is 2.64. The van der Waals surface area contributed by atoms with E-state index < -0.39 is 10.0 Å². The number of primary sulfonamides is 1. The summed E-state index contributed by atoms with van der Waals surface area (Å²) in [7, 11) is -3.74. The third-order valence-electron chi connectivity index (χ3n) is 4.82. The minimum atomic E-state index is -3.74. The van der Waals surface area contributed by atoms with Gasteiger partial charge in [-0.25, -0.2) is 13.6 Å². The number of amides is 1. The van der Waals surface area contributed by atoms with Crippen molar-refractivity contribution >= 4 is 44.8 Å². The third-order valence-corrected chi connectivity index (χ3v) is 6.33. The number of sulfonamides is 1. The number of rotatable bonds is 5. The Morgan fingerprint density at radius 2 is 1.75 bits per heavy atom. The molecule has 6 nitrogen and oxygen atoms in total. The monoisotopic (exact) mass is 441 g/mol. The van der Waals surface area contributed by atoms with E-state index in [1.807, 2.05) is 12.1 Å². The van der Waals surface area contributed by atoms with Crippen LogP contribution in [-0.4, -0.2) is 32.3 Å². The second-order valence-corrected chi connectivity index (χ2v) is 9.25. The maximum atomic E-state index is 12.5. The summed E-state index contributed by atoms with van der Waals surface area (Å²) >= 11 is 12.2. The van der Waals surface area contributed by atoms with Crippen molar-refractivity contribution in [1.29, 1.82) is 0 Å². The lowest BCUT2D eigenvalue weighted by molar-refractivity contribution is -0.121. The Bertz CT molecular complexity index is 957. The van der Waals surface area contributed by atoms with E-state index >= 15 is 0 Å². The Morgan fingerprint density at radius 1 is 1.11 bits per heavy atom. The number of benzene rings is 2. The van der Waals surface area contributed by atoms with Gasteiger partial charge in [-0.15, -0.1) is 0 Å². The smallest absolute Gasteiger partial charge is 0.238 e. The predicted octanol–water partition coefficient (Wildman–Crippen LogP) is 3.49. The molecule has 0 atom stereocenters. The molecule has 1 aliphatic rings. The van der Waals surface area contributed by atoms with E-state index in [2.05, 4.69) is 10.2 Å². The number of carbonyl (C=O) groups excluding carboxylic acids is 1. The van der Waals surface area contributed by atoms with Crippen molar-refractivity contribution in [3.63, 3.8) is 0 Å². The van der Waals surface area contributed by atoms with Crippen LogP contribution < -0.4 is 10.5 Å². The number of nitrogens with two attached hydrogens (primary N) is 1. The topological polar surface area (TPSA) is 92.5 Å². The van der Waals surface area contributed by atoms with E-state index in [-0.39, 0.29) is 16.7 Å². The molecule has 0 spiro atoms. The Kier molecular flexibility index (Phi) is 6.62. The summed E-state index contributed by atoms with van der Waals surface area (Å²) in [5, 5.41) is 9.18. The second-order valence-electron chi connectivity index (χ2n) is 6.84. The quantitative estimate of drug-likeness (QED) is 0.742. The van der Waals surface area contributed by atoms with E-state index in [1.54, 1.807) is 6.07 Å². The van der Waals surface area contributed by atoms with Crippen LogP contribution in [0.3, 0.4) is 0 Å². The van der Waals surface area contributed by atoms with Crippen LogP contribution >= 0.6 is 23.2 Å². The van der Waals surface area contributed by atoms with Crippen molar-refractivity contribution in [2.75, 3.05) is 18.4 Å². The Labute approximate surface area is 174 Å². The van der Waals surface area contributed by atoms with Crippen molar-refractivity contribution in [3.05, 3.63) is 58.1 Å². The van der Waals surface area contributed by atoms with Gasteiger partial charge >= 0.3 is 0 Å². The molecule has 0 saturated carbocycles. The van der Waals surface area contributed by atoms with Crippen LogP contribution in [0, 0.1) is 5.92 Å². The van der Waals surface area contributed by atoms with E-state index in [4.69, 9.17) is 28.3 Å². The fraction of sp³-hybridized carbons (Fsp3) is 0.316. The summed E-state index contributed by atoms with van der Waals surface area (Å²) in [6.07, 6.45) is 1.48. The molecule has 2 aromatic rings. The summed E-state index contributed by atoms with van der Waals surface area (Å²) < 4.78 is 22.6. The molecular weight excluding hydrogens is 421 g/mol. The fourth-order valence-electron chi connectivity index (χ4n) is 3.22. The maximum Gasteiger partial charge on any atom is 0.238 e. The molecule has 1 amide bonds. The normalized spacial score (nSPS) is 16.1. The maximum absolute atomic E-state index is 12.5. The van der Waals surface area contributed by atoms with Gasteiger partial charge in [0.15, 0.2) is 0 Å². The van der Waals surface area contributed by atoms with Gasteiger partial charge in [0.2, 0.25) is 15.9 Å². The summed E-state index contributed by atoms with van der Waals surface area (Å²) in [6, 6.07) is 11.3. The van der Waals surface area contributed by atoms with E-state index in [0.29, 0.717) is 15.7 Å². The number of nitrogens with zero attached hydrogens (tertiary/aromatic N) is 1. The van der Waals surface area contributed by atoms with Gasteiger partial charge in [-0.05, 0) is 67.9 Å². The largest absolute Gasteiger partial charge is 0.326 e. The van der Waals surface area contributed by atoms with Gasteiger partial charge in [0.05, 0.1) is 4.90 Å². The van der Waals surface area contributed by atoms with Crippen LogP contribution in [0.1, 0.15) is 18.4 Å². The van der Waals surface area contributed by atoms with Crippen LogP contribution in [0.4, 0.5) is 5.69 Å². The Morgan fingerprint density at radius 3 is 2.32 bits per heavy atom. The highest BCUT2D eigenvalue weighted by molar-refractivity contribution is 7.89.